The molecule has 1 aliphatic heterocycles. The molecule has 0 atom stereocenters. The molecule has 3 rings (SSSR count). The van der Waals surface area contributed by atoms with Crippen LogP contribution in [0.2, 0.25) is 0 Å². The molecular weight excluding hydrogens is 290 g/mol. The van der Waals surface area contributed by atoms with Crippen molar-refractivity contribution in [2.24, 2.45) is 16.8 Å². The summed E-state index contributed by atoms with van der Waals surface area (Å²) < 4.78 is 0. The predicted molar refractivity (Wildman–Crippen MR) is 91.0 cm³/mol. The van der Waals surface area contributed by atoms with E-state index in [1.165, 1.54) is 19.3 Å². The third-order valence-corrected chi connectivity index (χ3v) is 4.94. The number of oxime groups is 1. The number of aliphatic hydroxyl groups is 1. The van der Waals surface area contributed by atoms with E-state index in [9.17, 15) is 5.11 Å². The number of hydrogen-bond acceptors (Lipinski definition) is 4. The van der Waals surface area contributed by atoms with Gasteiger partial charge < -0.3 is 15.7 Å². The van der Waals surface area contributed by atoms with Crippen LogP contribution in [0, 0.1) is 5.92 Å². The van der Waals surface area contributed by atoms with E-state index in [2.05, 4.69) is 16.1 Å². The van der Waals surface area contributed by atoms with Gasteiger partial charge in [0.2, 0.25) is 0 Å². The molecule has 5 heteroatoms. The highest BCUT2D eigenvalue weighted by Gasteiger charge is 2.19. The van der Waals surface area contributed by atoms with Crippen LogP contribution in [0.4, 0.5) is 0 Å². The lowest BCUT2D eigenvalue weighted by atomic mass is 9.86. The molecule has 2 aliphatic rings. The molecule has 1 saturated carbocycles. The maximum absolute atomic E-state index is 9.62. The molecule has 1 heterocycles. The highest BCUT2D eigenvalue weighted by molar-refractivity contribution is 5.98. The Hall–Kier alpha value is -1.59. The van der Waals surface area contributed by atoms with E-state index in [0.717, 1.165) is 43.6 Å². The van der Waals surface area contributed by atoms with Crippen molar-refractivity contribution in [1.29, 1.82) is 0 Å². The van der Waals surface area contributed by atoms with Crippen LogP contribution in [0.1, 0.15) is 43.2 Å². The lowest BCUT2D eigenvalue weighted by Gasteiger charge is -2.30. The fraction of sp³-hybridized carbons (Fsp3) is 0.611. The van der Waals surface area contributed by atoms with Gasteiger partial charge in [0.15, 0.2) is 5.84 Å². The van der Waals surface area contributed by atoms with Crippen LogP contribution in [0.15, 0.2) is 29.4 Å². The summed E-state index contributed by atoms with van der Waals surface area (Å²) in [5, 5.41) is 13.7. The Balaban J connectivity index is 1.60. The smallest absolute Gasteiger partial charge is 0.170 e. The lowest BCUT2D eigenvalue weighted by Crippen LogP contribution is -2.35. The van der Waals surface area contributed by atoms with Gasteiger partial charge in [-0.3, -0.25) is 4.90 Å². The zero-order valence-corrected chi connectivity index (χ0v) is 13.7. The first-order valence-electron chi connectivity index (χ1n) is 8.66. The summed E-state index contributed by atoms with van der Waals surface area (Å²) in [6.07, 6.45) is 5.33. The van der Waals surface area contributed by atoms with Crippen molar-refractivity contribution in [3.05, 3.63) is 35.4 Å². The topological polar surface area (TPSA) is 71.1 Å². The van der Waals surface area contributed by atoms with Gasteiger partial charge in [0.05, 0.1) is 6.10 Å². The van der Waals surface area contributed by atoms with Gasteiger partial charge in [0.25, 0.3) is 0 Å². The second kappa shape index (κ2) is 7.79. The van der Waals surface area contributed by atoms with Crippen LogP contribution in [0.25, 0.3) is 0 Å². The molecular formula is C18H27N3O2. The first-order valence-corrected chi connectivity index (χ1v) is 8.66. The van der Waals surface area contributed by atoms with Crippen LogP contribution in [0.3, 0.4) is 0 Å². The number of rotatable bonds is 6. The molecule has 0 spiro atoms. The average Bonchev–Trinajstić information content (AvgIpc) is 2.52. The molecule has 1 aromatic carbocycles. The largest absolute Gasteiger partial charge is 0.394 e. The number of benzene rings is 1. The van der Waals surface area contributed by atoms with E-state index in [-0.39, 0.29) is 6.10 Å². The second-order valence-corrected chi connectivity index (χ2v) is 6.73. The van der Waals surface area contributed by atoms with Gasteiger partial charge in [0.1, 0.15) is 6.61 Å². The maximum atomic E-state index is 9.62. The Labute approximate surface area is 138 Å². The highest BCUT2D eigenvalue weighted by Crippen LogP contribution is 2.26. The number of nitrogens with two attached hydrogens (primary N) is 1. The number of amidine groups is 1. The van der Waals surface area contributed by atoms with E-state index in [1.54, 1.807) is 0 Å². The summed E-state index contributed by atoms with van der Waals surface area (Å²) in [5.41, 5.74) is 8.25. The minimum Gasteiger partial charge on any atom is -0.394 e. The molecule has 2 fully saturated rings. The summed E-state index contributed by atoms with van der Waals surface area (Å²) in [6.45, 7) is 3.35. The number of likely N-dealkylation sites (tertiary alicyclic amines) is 1. The van der Waals surface area contributed by atoms with Crippen molar-refractivity contribution in [1.82, 2.24) is 4.90 Å². The van der Waals surface area contributed by atoms with E-state index in [1.807, 2.05) is 18.2 Å². The lowest BCUT2D eigenvalue weighted by molar-refractivity contribution is 0.0754. The SMILES string of the molecule is N/C(=N/OCC1CCC1)c1ccccc1CN1CCC(O)CC1. The molecule has 5 nitrogen and oxygen atoms in total. The Bertz CT molecular complexity index is 535. The summed E-state index contributed by atoms with van der Waals surface area (Å²) in [5.74, 6) is 1.11. The zero-order chi connectivity index (χ0) is 16.1. The molecule has 1 saturated heterocycles. The van der Waals surface area contributed by atoms with Crippen LogP contribution in [-0.4, -0.2) is 41.6 Å². The van der Waals surface area contributed by atoms with E-state index < -0.39 is 0 Å². The van der Waals surface area contributed by atoms with Crippen molar-refractivity contribution < 1.29 is 9.94 Å². The zero-order valence-electron chi connectivity index (χ0n) is 13.7. The molecule has 1 aliphatic carbocycles. The van der Waals surface area contributed by atoms with Gasteiger partial charge in [-0.25, -0.2) is 0 Å². The Morgan fingerprint density at radius 1 is 1.22 bits per heavy atom. The van der Waals surface area contributed by atoms with Gasteiger partial charge in [0, 0.05) is 25.2 Å². The molecule has 126 valence electrons. The molecule has 23 heavy (non-hydrogen) atoms. The van der Waals surface area contributed by atoms with Crippen LogP contribution >= 0.6 is 0 Å². The van der Waals surface area contributed by atoms with Crippen LogP contribution in [-0.2, 0) is 11.4 Å². The summed E-state index contributed by atoms with van der Waals surface area (Å²) >= 11 is 0. The van der Waals surface area contributed by atoms with Gasteiger partial charge in [-0.2, -0.15) is 0 Å². The summed E-state index contributed by atoms with van der Waals surface area (Å²) in [4.78, 5) is 7.78. The standard InChI is InChI=1S/C18H27N3O2/c19-18(20-23-13-14-4-3-5-14)17-7-2-1-6-15(17)12-21-10-8-16(22)9-11-21/h1-2,6-7,14,16,22H,3-5,8-13H2,(H2,19,20). The third kappa shape index (κ3) is 4.45. The van der Waals surface area contributed by atoms with E-state index in [4.69, 9.17) is 10.6 Å². The molecule has 0 amide bonds. The molecule has 3 N–H and O–H groups in total. The van der Waals surface area contributed by atoms with E-state index >= 15 is 0 Å². The fourth-order valence-corrected chi connectivity index (χ4v) is 3.15. The number of piperidine rings is 1. The van der Waals surface area contributed by atoms with Crippen molar-refractivity contribution in [2.45, 2.75) is 44.8 Å². The first-order chi connectivity index (χ1) is 11.2. The quantitative estimate of drug-likeness (QED) is 0.479. The molecule has 0 bridgehead atoms. The minimum atomic E-state index is -0.145. The molecule has 0 unspecified atom stereocenters. The molecule has 1 aromatic rings. The van der Waals surface area contributed by atoms with Gasteiger partial charge in [-0.1, -0.05) is 35.8 Å². The normalized spacial score (nSPS) is 21.2. The fourth-order valence-electron chi connectivity index (χ4n) is 3.15. The highest BCUT2D eigenvalue weighted by atomic mass is 16.6. The van der Waals surface area contributed by atoms with Crippen molar-refractivity contribution in [2.75, 3.05) is 19.7 Å². The first kappa shape index (κ1) is 16.3. The number of aliphatic hydroxyl groups excluding tert-OH is 1. The predicted octanol–water partition coefficient (Wildman–Crippen LogP) is 2.08. The monoisotopic (exact) mass is 317 g/mol. The van der Waals surface area contributed by atoms with Crippen molar-refractivity contribution in [3.63, 3.8) is 0 Å². The summed E-state index contributed by atoms with van der Waals surface area (Å²) in [6, 6.07) is 8.10. The third-order valence-electron chi connectivity index (χ3n) is 4.94. The van der Waals surface area contributed by atoms with Crippen molar-refractivity contribution >= 4 is 5.84 Å². The number of hydrogen-bond donors (Lipinski definition) is 2. The second-order valence-electron chi connectivity index (χ2n) is 6.73. The number of nitrogens with zero attached hydrogens (tertiary/aromatic N) is 2. The molecule has 0 radical (unpaired) electrons. The Kier molecular flexibility index (Phi) is 5.51. The van der Waals surface area contributed by atoms with Gasteiger partial charge in [-0.05, 0) is 37.2 Å². The van der Waals surface area contributed by atoms with Gasteiger partial charge >= 0.3 is 0 Å². The van der Waals surface area contributed by atoms with Crippen LogP contribution < -0.4 is 5.73 Å². The molecule has 0 aromatic heterocycles. The van der Waals surface area contributed by atoms with Gasteiger partial charge in [-0.15, -0.1) is 0 Å². The Morgan fingerprint density at radius 3 is 2.65 bits per heavy atom. The Morgan fingerprint density at radius 2 is 1.96 bits per heavy atom. The van der Waals surface area contributed by atoms with E-state index in [0.29, 0.717) is 18.4 Å². The average molecular weight is 317 g/mol. The maximum Gasteiger partial charge on any atom is 0.170 e. The minimum absolute atomic E-state index is 0.145. The van der Waals surface area contributed by atoms with Crippen molar-refractivity contribution in [3.8, 4) is 0 Å². The van der Waals surface area contributed by atoms with Crippen LogP contribution in [0.5, 0.6) is 0 Å². The summed E-state index contributed by atoms with van der Waals surface area (Å²) in [7, 11) is 0.